The molecule has 0 fully saturated rings. The van der Waals surface area contributed by atoms with E-state index in [0.717, 1.165) is 17.0 Å². The Hall–Kier alpha value is -3.59. The van der Waals surface area contributed by atoms with Gasteiger partial charge in [-0.3, -0.25) is 24.2 Å². The van der Waals surface area contributed by atoms with Crippen LogP contribution in [0.15, 0.2) is 76.5 Å². The van der Waals surface area contributed by atoms with Crippen molar-refractivity contribution in [1.82, 2.24) is 4.90 Å². The lowest BCUT2D eigenvalue weighted by atomic mass is 10.1. The first kappa shape index (κ1) is 22.2. The van der Waals surface area contributed by atoms with Gasteiger partial charge in [0, 0.05) is 9.79 Å². The highest BCUT2D eigenvalue weighted by molar-refractivity contribution is 7.99. The maximum absolute atomic E-state index is 13.9. The van der Waals surface area contributed by atoms with E-state index in [4.69, 9.17) is 0 Å². The molecule has 0 aliphatic carbocycles. The summed E-state index contributed by atoms with van der Waals surface area (Å²) < 4.78 is 40.5. The number of carbonyl (C=O) groups is 3. The summed E-state index contributed by atoms with van der Waals surface area (Å²) >= 11 is 1.26. The van der Waals surface area contributed by atoms with Crippen LogP contribution < -0.4 is 4.90 Å². The van der Waals surface area contributed by atoms with Crippen LogP contribution in [0.4, 0.5) is 24.5 Å². The van der Waals surface area contributed by atoms with E-state index in [-0.39, 0.29) is 23.2 Å². The lowest BCUT2D eigenvalue weighted by Crippen LogP contribution is -2.50. The number of rotatable bonds is 3. The molecular formula is C25H17F3N2O3S. The number of fused-ring (bicyclic) bond motifs is 3. The van der Waals surface area contributed by atoms with Gasteiger partial charge in [-0.15, -0.1) is 0 Å². The first-order chi connectivity index (χ1) is 16.2. The van der Waals surface area contributed by atoms with Crippen LogP contribution in [0.1, 0.15) is 39.6 Å². The monoisotopic (exact) mass is 482 g/mol. The molecule has 3 aromatic rings. The standard InChI is InChI=1S/C25H17F3N2O3S/c1-2-17(30-22(31)15-7-3-4-8-16(15)23(30)32)24(33)29-18-9-5-6-10-20(18)34-21-12-11-14(13-19(21)29)25(26,27)28/h3-13,17H,2H2,1H3/t17-/m1/s1. The summed E-state index contributed by atoms with van der Waals surface area (Å²) in [7, 11) is 0. The quantitative estimate of drug-likeness (QED) is 0.436. The van der Waals surface area contributed by atoms with Crippen LogP contribution in [-0.2, 0) is 11.0 Å². The van der Waals surface area contributed by atoms with Gasteiger partial charge in [0.25, 0.3) is 17.7 Å². The van der Waals surface area contributed by atoms with E-state index in [0.29, 0.717) is 15.5 Å². The number of imide groups is 1. The maximum atomic E-state index is 13.9. The number of anilines is 2. The molecule has 34 heavy (non-hydrogen) atoms. The average molecular weight is 482 g/mol. The van der Waals surface area contributed by atoms with Gasteiger partial charge in [-0.1, -0.05) is 43.0 Å². The maximum Gasteiger partial charge on any atom is 0.416 e. The van der Waals surface area contributed by atoms with Crippen molar-refractivity contribution in [2.24, 2.45) is 0 Å². The summed E-state index contributed by atoms with van der Waals surface area (Å²) in [6, 6.07) is 15.2. The van der Waals surface area contributed by atoms with Crippen molar-refractivity contribution in [1.29, 1.82) is 0 Å². The van der Waals surface area contributed by atoms with Gasteiger partial charge in [-0.2, -0.15) is 13.2 Å². The van der Waals surface area contributed by atoms with Crippen LogP contribution in [0.5, 0.6) is 0 Å². The molecule has 9 heteroatoms. The van der Waals surface area contributed by atoms with Crippen molar-refractivity contribution in [3.8, 4) is 0 Å². The fourth-order valence-electron chi connectivity index (χ4n) is 4.28. The topological polar surface area (TPSA) is 57.7 Å². The van der Waals surface area contributed by atoms with Gasteiger partial charge < -0.3 is 0 Å². The molecule has 5 nitrogen and oxygen atoms in total. The van der Waals surface area contributed by atoms with E-state index in [9.17, 15) is 27.6 Å². The number of amides is 3. The van der Waals surface area contributed by atoms with Crippen molar-refractivity contribution >= 4 is 40.9 Å². The minimum Gasteiger partial charge on any atom is -0.277 e. The Balaban J connectivity index is 1.62. The molecule has 1 atom stereocenters. The number of alkyl halides is 3. The van der Waals surface area contributed by atoms with E-state index in [1.54, 1.807) is 43.3 Å². The first-order valence-corrected chi connectivity index (χ1v) is 11.3. The van der Waals surface area contributed by atoms with Crippen LogP contribution in [0.25, 0.3) is 0 Å². The summed E-state index contributed by atoms with van der Waals surface area (Å²) in [5.74, 6) is -1.83. The molecular weight excluding hydrogens is 465 g/mol. The third-order valence-electron chi connectivity index (χ3n) is 5.88. The summed E-state index contributed by atoms with van der Waals surface area (Å²) in [4.78, 5) is 43.3. The number of hydrogen-bond acceptors (Lipinski definition) is 4. The molecule has 0 saturated carbocycles. The molecule has 0 N–H and O–H groups in total. The van der Waals surface area contributed by atoms with Crippen LogP contribution in [-0.4, -0.2) is 28.7 Å². The SMILES string of the molecule is CC[C@H](C(=O)N1c2ccccc2Sc2ccc(C(F)(F)F)cc21)N1C(=O)c2ccccc2C1=O. The summed E-state index contributed by atoms with van der Waals surface area (Å²) in [6.07, 6.45) is -4.50. The Morgan fingerprint density at radius 3 is 2.09 bits per heavy atom. The molecule has 0 radical (unpaired) electrons. The normalized spacial score (nSPS) is 15.6. The molecule has 2 aliphatic rings. The third kappa shape index (κ3) is 3.38. The van der Waals surface area contributed by atoms with Gasteiger partial charge in [0.05, 0.1) is 28.1 Å². The second-order valence-corrected chi connectivity index (χ2v) is 8.96. The smallest absolute Gasteiger partial charge is 0.277 e. The lowest BCUT2D eigenvalue weighted by molar-refractivity contribution is -0.137. The van der Waals surface area contributed by atoms with E-state index >= 15 is 0 Å². The van der Waals surface area contributed by atoms with E-state index in [1.165, 1.54) is 34.9 Å². The van der Waals surface area contributed by atoms with Gasteiger partial charge in [0.15, 0.2) is 0 Å². The Bertz CT molecular complexity index is 1320. The molecule has 2 heterocycles. The molecule has 0 unspecified atom stereocenters. The van der Waals surface area contributed by atoms with Gasteiger partial charge in [-0.05, 0) is 48.9 Å². The van der Waals surface area contributed by atoms with Crippen LogP contribution in [0.2, 0.25) is 0 Å². The Kier molecular flexibility index (Phi) is 5.24. The first-order valence-electron chi connectivity index (χ1n) is 10.5. The van der Waals surface area contributed by atoms with Crippen molar-refractivity contribution < 1.29 is 27.6 Å². The second kappa shape index (κ2) is 8.02. The van der Waals surface area contributed by atoms with Crippen LogP contribution in [0.3, 0.4) is 0 Å². The fraction of sp³-hybridized carbons (Fsp3) is 0.160. The Morgan fingerprint density at radius 2 is 1.47 bits per heavy atom. The van der Waals surface area contributed by atoms with Crippen LogP contribution in [0, 0.1) is 0 Å². The van der Waals surface area contributed by atoms with Crippen molar-refractivity contribution in [2.45, 2.75) is 35.4 Å². The summed E-state index contributed by atoms with van der Waals surface area (Å²) in [5, 5.41) is 0. The number of halogens is 3. The molecule has 0 aromatic heterocycles. The second-order valence-electron chi connectivity index (χ2n) is 7.87. The molecule has 3 aromatic carbocycles. The van der Waals surface area contributed by atoms with E-state index < -0.39 is 35.5 Å². The van der Waals surface area contributed by atoms with Crippen LogP contribution >= 0.6 is 11.8 Å². The number of benzene rings is 3. The lowest BCUT2D eigenvalue weighted by Gasteiger charge is -2.35. The number of nitrogens with zero attached hydrogens (tertiary/aromatic N) is 2. The van der Waals surface area contributed by atoms with E-state index in [2.05, 4.69) is 0 Å². The Labute approximate surface area is 197 Å². The number of para-hydroxylation sites is 1. The highest BCUT2D eigenvalue weighted by Gasteiger charge is 2.45. The average Bonchev–Trinajstić information content (AvgIpc) is 3.07. The predicted octanol–water partition coefficient (Wildman–Crippen LogP) is 5.91. The zero-order chi connectivity index (χ0) is 24.2. The van der Waals surface area contributed by atoms with Crippen molar-refractivity contribution in [2.75, 3.05) is 4.90 Å². The molecule has 5 rings (SSSR count). The number of carbonyl (C=O) groups excluding carboxylic acids is 3. The van der Waals surface area contributed by atoms with E-state index in [1.807, 2.05) is 0 Å². The molecule has 0 saturated heterocycles. The minimum absolute atomic E-state index is 0.0681. The summed E-state index contributed by atoms with van der Waals surface area (Å²) in [6.45, 7) is 1.66. The van der Waals surface area contributed by atoms with Crippen molar-refractivity contribution in [3.63, 3.8) is 0 Å². The fourth-order valence-corrected chi connectivity index (χ4v) is 5.31. The van der Waals surface area contributed by atoms with Crippen molar-refractivity contribution in [3.05, 3.63) is 83.4 Å². The minimum atomic E-state index is -4.60. The highest BCUT2D eigenvalue weighted by atomic mass is 32.2. The predicted molar refractivity (Wildman–Crippen MR) is 120 cm³/mol. The molecule has 0 bridgehead atoms. The molecule has 172 valence electrons. The third-order valence-corrected chi connectivity index (χ3v) is 7.01. The van der Waals surface area contributed by atoms with Gasteiger partial charge in [0.1, 0.15) is 6.04 Å². The number of hydrogen-bond donors (Lipinski definition) is 0. The molecule has 2 aliphatic heterocycles. The zero-order valence-electron chi connectivity index (χ0n) is 17.8. The largest absolute Gasteiger partial charge is 0.416 e. The summed E-state index contributed by atoms with van der Waals surface area (Å²) in [5.41, 5.74) is -0.0167. The van der Waals surface area contributed by atoms with Gasteiger partial charge in [-0.25, -0.2) is 0 Å². The van der Waals surface area contributed by atoms with Gasteiger partial charge in [0.2, 0.25) is 0 Å². The molecule has 3 amide bonds. The highest BCUT2D eigenvalue weighted by Crippen LogP contribution is 2.50. The zero-order valence-corrected chi connectivity index (χ0v) is 18.6. The van der Waals surface area contributed by atoms with Gasteiger partial charge >= 0.3 is 6.18 Å². The molecule has 0 spiro atoms. The Morgan fingerprint density at radius 1 is 0.882 bits per heavy atom.